The highest BCUT2D eigenvalue weighted by molar-refractivity contribution is 7.81. The molecule has 0 heterocycles. The smallest absolute Gasteiger partial charge is 0.230 e. The van der Waals surface area contributed by atoms with Crippen molar-refractivity contribution >= 4 is 31.2 Å². The van der Waals surface area contributed by atoms with Crippen molar-refractivity contribution in [2.24, 2.45) is 11.5 Å². The van der Waals surface area contributed by atoms with Crippen molar-refractivity contribution in [2.45, 2.75) is 18.6 Å². The Labute approximate surface area is 78.7 Å². The molecule has 68 valence electrons. The molecule has 0 aliphatic rings. The van der Waals surface area contributed by atoms with Crippen LogP contribution >= 0.6 is 25.3 Å². The number of amides is 1. The van der Waals surface area contributed by atoms with Crippen molar-refractivity contribution in [3.05, 3.63) is 0 Å². The zero-order valence-corrected chi connectivity index (χ0v) is 8.44. The van der Waals surface area contributed by atoms with Crippen LogP contribution < -0.4 is 11.5 Å². The van der Waals surface area contributed by atoms with Crippen molar-refractivity contribution in [2.75, 3.05) is 12.3 Å². The molecule has 0 aromatic heterocycles. The van der Waals surface area contributed by atoms with Crippen LogP contribution in [0.3, 0.4) is 0 Å². The Balaban J connectivity index is 0. The van der Waals surface area contributed by atoms with Crippen LogP contribution in [-0.2, 0) is 4.79 Å². The highest BCUT2D eigenvalue weighted by Crippen LogP contribution is 1.96. The van der Waals surface area contributed by atoms with Gasteiger partial charge in [-0.05, 0) is 6.42 Å². The molecule has 5 heteroatoms. The normalized spacial score (nSPS) is 11.3. The maximum absolute atomic E-state index is 10.1. The lowest BCUT2D eigenvalue weighted by molar-refractivity contribution is -0.117. The summed E-state index contributed by atoms with van der Waals surface area (Å²) in [6.07, 6.45) is 0.707. The molecule has 0 aliphatic carbocycles. The van der Waals surface area contributed by atoms with Gasteiger partial charge in [0.25, 0.3) is 0 Å². The maximum Gasteiger partial charge on any atom is 0.230 e. The molecule has 4 N–H and O–H groups in total. The summed E-state index contributed by atoms with van der Waals surface area (Å²) in [4.78, 5) is 10.1. The Bertz CT molecular complexity index is 98.6. The molecule has 0 saturated carbocycles. The first-order chi connectivity index (χ1) is 5.09. The highest BCUT2D eigenvalue weighted by atomic mass is 32.1. The van der Waals surface area contributed by atoms with E-state index in [0.29, 0.717) is 13.0 Å². The number of thiol groups is 2. The number of nitrogens with two attached hydrogens (primary N) is 2. The molecule has 1 amide bonds. The van der Waals surface area contributed by atoms with Gasteiger partial charge < -0.3 is 11.5 Å². The van der Waals surface area contributed by atoms with Crippen LogP contribution in [0.25, 0.3) is 0 Å². The minimum Gasteiger partial charge on any atom is -0.369 e. The third kappa shape index (κ3) is 13.2. The second-order valence-electron chi connectivity index (χ2n) is 1.84. The number of hydrogen-bond donors (Lipinski definition) is 4. The Hall–Kier alpha value is 0.130. The van der Waals surface area contributed by atoms with E-state index < -0.39 is 0 Å². The van der Waals surface area contributed by atoms with Gasteiger partial charge in [-0.3, -0.25) is 4.79 Å². The Kier molecular flexibility index (Phi) is 12.6. The van der Waals surface area contributed by atoms with Crippen molar-refractivity contribution in [3.8, 4) is 0 Å². The van der Waals surface area contributed by atoms with Crippen LogP contribution in [0.15, 0.2) is 0 Å². The Morgan fingerprint density at radius 1 is 1.64 bits per heavy atom. The zero-order valence-electron chi connectivity index (χ0n) is 6.66. The predicted octanol–water partition coefficient (Wildman–Crippen LogP) is 0.0550. The molecule has 11 heavy (non-hydrogen) atoms. The molecule has 0 aliphatic heterocycles. The summed E-state index contributed by atoms with van der Waals surface area (Å²) in [5.41, 5.74) is 9.78. The third-order valence-electron chi connectivity index (χ3n) is 0.844. The van der Waals surface area contributed by atoms with Crippen LogP contribution in [-0.4, -0.2) is 23.5 Å². The average molecular weight is 196 g/mol. The van der Waals surface area contributed by atoms with E-state index in [-0.39, 0.29) is 11.2 Å². The molecule has 0 fully saturated rings. The fraction of sp³-hybridized carbons (Fsp3) is 0.833. The lowest BCUT2D eigenvalue weighted by Gasteiger charge is -1.97. The van der Waals surface area contributed by atoms with Gasteiger partial charge in [-0.2, -0.15) is 25.3 Å². The van der Waals surface area contributed by atoms with E-state index >= 15 is 0 Å². The van der Waals surface area contributed by atoms with E-state index in [4.69, 9.17) is 11.5 Å². The summed E-state index contributed by atoms with van der Waals surface area (Å²) in [7, 11) is 0. The Morgan fingerprint density at radius 2 is 2.00 bits per heavy atom. The van der Waals surface area contributed by atoms with Crippen LogP contribution in [0.4, 0.5) is 0 Å². The highest BCUT2D eigenvalue weighted by Gasteiger charge is 2.03. The van der Waals surface area contributed by atoms with Crippen molar-refractivity contribution in [1.82, 2.24) is 0 Å². The fourth-order valence-electron chi connectivity index (χ4n) is 0.201. The fourth-order valence-corrected chi connectivity index (χ4v) is 0.201. The van der Waals surface area contributed by atoms with E-state index in [1.807, 2.05) is 6.92 Å². The molecule has 0 aromatic rings. The summed E-state index contributed by atoms with van der Waals surface area (Å²) in [6.45, 7) is 2.55. The second-order valence-corrected chi connectivity index (χ2v) is 2.91. The molecule has 0 bridgehead atoms. The largest absolute Gasteiger partial charge is 0.369 e. The van der Waals surface area contributed by atoms with Crippen molar-refractivity contribution in [1.29, 1.82) is 0 Å². The van der Waals surface area contributed by atoms with Crippen molar-refractivity contribution < 1.29 is 4.79 Å². The molecule has 0 radical (unpaired) electrons. The van der Waals surface area contributed by atoms with Crippen LogP contribution in [0.5, 0.6) is 0 Å². The molecule has 3 nitrogen and oxygen atoms in total. The van der Waals surface area contributed by atoms with Gasteiger partial charge in [-0.1, -0.05) is 6.92 Å². The summed E-state index contributed by atoms with van der Waals surface area (Å²) in [5.74, 6) is 0.450. The number of carbonyl (C=O) groups excluding carboxylic acids is 1. The molecular weight excluding hydrogens is 180 g/mol. The topological polar surface area (TPSA) is 69.1 Å². The SMILES string of the molecule is CCC(S)C(N)=O.NCCS. The van der Waals surface area contributed by atoms with Gasteiger partial charge >= 0.3 is 0 Å². The van der Waals surface area contributed by atoms with E-state index in [2.05, 4.69) is 25.3 Å². The van der Waals surface area contributed by atoms with E-state index in [0.717, 1.165) is 5.75 Å². The molecular formula is C6H16N2OS2. The first-order valence-electron chi connectivity index (χ1n) is 3.38. The predicted molar refractivity (Wildman–Crippen MR) is 55.2 cm³/mol. The van der Waals surface area contributed by atoms with E-state index in [1.54, 1.807) is 0 Å². The molecule has 1 atom stereocenters. The van der Waals surface area contributed by atoms with E-state index in [9.17, 15) is 4.79 Å². The molecule has 0 saturated heterocycles. The molecule has 0 aromatic carbocycles. The number of primary amides is 1. The van der Waals surface area contributed by atoms with Crippen LogP contribution in [0, 0.1) is 0 Å². The van der Waals surface area contributed by atoms with Gasteiger partial charge in [0, 0.05) is 12.3 Å². The van der Waals surface area contributed by atoms with Gasteiger partial charge in [-0.25, -0.2) is 0 Å². The number of carbonyl (C=O) groups is 1. The van der Waals surface area contributed by atoms with Gasteiger partial charge in [0.1, 0.15) is 0 Å². The van der Waals surface area contributed by atoms with E-state index in [1.165, 1.54) is 0 Å². The number of hydrogen-bond acceptors (Lipinski definition) is 4. The first kappa shape index (κ1) is 13.7. The quantitative estimate of drug-likeness (QED) is 0.482. The first-order valence-corrected chi connectivity index (χ1v) is 4.53. The zero-order chi connectivity index (χ0) is 9.28. The monoisotopic (exact) mass is 196 g/mol. The summed E-state index contributed by atoms with van der Waals surface area (Å²) in [5, 5.41) is -0.264. The Morgan fingerprint density at radius 3 is 2.00 bits per heavy atom. The molecule has 1 unspecified atom stereocenters. The second kappa shape index (κ2) is 10.1. The number of rotatable bonds is 3. The van der Waals surface area contributed by atoms with Gasteiger partial charge in [0.05, 0.1) is 5.25 Å². The summed E-state index contributed by atoms with van der Waals surface area (Å²) < 4.78 is 0. The molecule has 0 rings (SSSR count). The third-order valence-corrected chi connectivity index (χ3v) is 1.72. The average Bonchev–Trinajstić information content (AvgIpc) is 2.03. The van der Waals surface area contributed by atoms with Gasteiger partial charge in [0.2, 0.25) is 5.91 Å². The van der Waals surface area contributed by atoms with Crippen LogP contribution in [0.1, 0.15) is 13.3 Å². The lowest BCUT2D eigenvalue weighted by Crippen LogP contribution is -2.22. The van der Waals surface area contributed by atoms with Gasteiger partial charge in [0.15, 0.2) is 0 Å². The minimum absolute atomic E-state index is 0.264. The van der Waals surface area contributed by atoms with Crippen LogP contribution in [0.2, 0.25) is 0 Å². The lowest BCUT2D eigenvalue weighted by atomic mass is 10.3. The van der Waals surface area contributed by atoms with Gasteiger partial charge in [-0.15, -0.1) is 0 Å². The summed E-state index contributed by atoms with van der Waals surface area (Å²) in [6, 6.07) is 0. The summed E-state index contributed by atoms with van der Waals surface area (Å²) >= 11 is 7.65. The van der Waals surface area contributed by atoms with Crippen molar-refractivity contribution in [3.63, 3.8) is 0 Å². The standard InChI is InChI=1S/C4H9NOS.C2H7NS/c1-2-3(7)4(5)6;3-1-2-4/h3,7H,2H2,1H3,(H2,5,6);4H,1-3H2. The maximum atomic E-state index is 10.1. The molecule has 0 spiro atoms. The minimum atomic E-state index is -0.342.